The molecule has 2 aromatic rings. The highest BCUT2D eigenvalue weighted by Gasteiger charge is 2.12. The number of rotatable bonds is 8. The third kappa shape index (κ3) is 6.86. The minimum Gasteiger partial charge on any atom is -0.482 e. The van der Waals surface area contributed by atoms with Gasteiger partial charge < -0.3 is 14.8 Å². The summed E-state index contributed by atoms with van der Waals surface area (Å²) in [6.45, 7) is 2.92. The summed E-state index contributed by atoms with van der Waals surface area (Å²) in [5, 5.41) is 2.74. The van der Waals surface area contributed by atoms with Crippen LogP contribution in [-0.2, 0) is 14.3 Å². The summed E-state index contributed by atoms with van der Waals surface area (Å²) in [6.07, 6.45) is 0. The van der Waals surface area contributed by atoms with Crippen molar-refractivity contribution in [1.82, 2.24) is 0 Å². The molecule has 2 aromatic carbocycles. The average Bonchev–Trinajstić information content (AvgIpc) is 2.65. The molecule has 0 spiro atoms. The van der Waals surface area contributed by atoms with Gasteiger partial charge in [0.05, 0.1) is 0 Å². The summed E-state index contributed by atoms with van der Waals surface area (Å²) in [4.78, 5) is 35.5. The second-order valence-electron chi connectivity index (χ2n) is 6.05. The predicted molar refractivity (Wildman–Crippen MR) is 105 cm³/mol. The number of ketones is 1. The van der Waals surface area contributed by atoms with E-state index in [4.69, 9.17) is 9.47 Å². The predicted octanol–water partition coefficient (Wildman–Crippen LogP) is 3.85. The zero-order chi connectivity index (χ0) is 19.8. The second-order valence-corrected chi connectivity index (χ2v) is 6.97. The number of hydrogen-bond acceptors (Lipinski definition) is 5. The summed E-state index contributed by atoms with van der Waals surface area (Å²) in [5.41, 5.74) is 0.989. The Balaban J connectivity index is 1.79. The minimum absolute atomic E-state index is 0.103. The molecule has 0 bridgehead atoms. The fourth-order valence-electron chi connectivity index (χ4n) is 2.00. The van der Waals surface area contributed by atoms with Crippen LogP contribution < -0.4 is 10.1 Å². The number of anilines is 1. The highest BCUT2D eigenvalue weighted by molar-refractivity contribution is 9.10. The lowest BCUT2D eigenvalue weighted by Crippen LogP contribution is -2.20. The number of hydrogen-bond donors (Lipinski definition) is 1. The molecule has 0 aliphatic carbocycles. The molecule has 0 unspecified atom stereocenters. The third-order valence-corrected chi connectivity index (χ3v) is 4.01. The Bertz CT molecular complexity index is 817. The molecule has 0 radical (unpaired) electrons. The molecule has 6 nitrogen and oxygen atoms in total. The number of carbonyl (C=O) groups excluding carboxylic acids is 3. The molecule has 7 heteroatoms. The topological polar surface area (TPSA) is 81.7 Å². The lowest BCUT2D eigenvalue weighted by molar-refractivity contribution is -0.144. The molecule has 1 amide bonds. The highest BCUT2D eigenvalue weighted by Crippen LogP contribution is 2.17. The molecule has 0 atom stereocenters. The van der Waals surface area contributed by atoms with Gasteiger partial charge in [-0.25, -0.2) is 4.79 Å². The number of halogens is 1. The van der Waals surface area contributed by atoms with E-state index < -0.39 is 5.97 Å². The molecule has 2 rings (SSSR count). The summed E-state index contributed by atoms with van der Waals surface area (Å²) >= 11 is 3.31. The van der Waals surface area contributed by atoms with Gasteiger partial charge in [0.2, 0.25) is 5.91 Å². The molecule has 0 aliphatic heterocycles. The van der Waals surface area contributed by atoms with E-state index in [-0.39, 0.29) is 30.8 Å². The second kappa shape index (κ2) is 9.87. The summed E-state index contributed by atoms with van der Waals surface area (Å²) < 4.78 is 11.1. The molecule has 0 aromatic heterocycles. The zero-order valence-electron chi connectivity index (χ0n) is 15.0. The maximum Gasteiger partial charge on any atom is 0.344 e. The normalized spacial score (nSPS) is 10.4. The van der Waals surface area contributed by atoms with Gasteiger partial charge in [-0.15, -0.1) is 0 Å². The van der Waals surface area contributed by atoms with Crippen LogP contribution >= 0.6 is 15.9 Å². The summed E-state index contributed by atoms with van der Waals surface area (Å²) in [7, 11) is 0. The van der Waals surface area contributed by atoms with Gasteiger partial charge in [0.15, 0.2) is 19.0 Å². The molecule has 27 heavy (non-hydrogen) atoms. The molecule has 0 fully saturated rings. The van der Waals surface area contributed by atoms with Crippen LogP contribution in [0.25, 0.3) is 0 Å². The number of Topliss-reactive ketones (excluding diaryl/α,β-unsaturated/α-hetero) is 1. The number of amides is 1. The SMILES string of the molecule is CC(C)C(=O)Nc1ccc(C(=O)COC(=O)COc2cccc(Br)c2)cc1. The van der Waals surface area contributed by atoms with Crippen molar-refractivity contribution in [3.8, 4) is 5.75 Å². The maximum atomic E-state index is 12.1. The van der Waals surface area contributed by atoms with E-state index in [2.05, 4.69) is 21.2 Å². The molecule has 0 saturated carbocycles. The van der Waals surface area contributed by atoms with Gasteiger partial charge in [0, 0.05) is 21.6 Å². The van der Waals surface area contributed by atoms with Crippen LogP contribution in [0.4, 0.5) is 5.69 Å². The maximum absolute atomic E-state index is 12.1. The Labute approximate surface area is 166 Å². The lowest BCUT2D eigenvalue weighted by Gasteiger charge is -2.09. The molecular formula is C20H20BrNO5. The van der Waals surface area contributed by atoms with Gasteiger partial charge in [-0.2, -0.15) is 0 Å². The molecular weight excluding hydrogens is 414 g/mol. The van der Waals surface area contributed by atoms with E-state index in [1.165, 1.54) is 0 Å². The van der Waals surface area contributed by atoms with Gasteiger partial charge in [-0.05, 0) is 42.5 Å². The van der Waals surface area contributed by atoms with Crippen molar-refractivity contribution < 1.29 is 23.9 Å². The van der Waals surface area contributed by atoms with Crippen molar-refractivity contribution in [3.05, 3.63) is 58.6 Å². The van der Waals surface area contributed by atoms with Gasteiger partial charge >= 0.3 is 5.97 Å². The van der Waals surface area contributed by atoms with Crippen molar-refractivity contribution in [3.63, 3.8) is 0 Å². The average molecular weight is 434 g/mol. The van der Waals surface area contributed by atoms with E-state index in [0.29, 0.717) is 17.0 Å². The zero-order valence-corrected chi connectivity index (χ0v) is 16.6. The van der Waals surface area contributed by atoms with Crippen LogP contribution in [0.2, 0.25) is 0 Å². The first kappa shape index (κ1) is 20.6. The fourth-order valence-corrected chi connectivity index (χ4v) is 2.37. The number of carbonyl (C=O) groups is 3. The van der Waals surface area contributed by atoms with Crippen LogP contribution in [-0.4, -0.2) is 30.9 Å². The quantitative estimate of drug-likeness (QED) is 0.504. The summed E-state index contributed by atoms with van der Waals surface area (Å²) in [6, 6.07) is 13.5. The van der Waals surface area contributed by atoms with Crippen molar-refractivity contribution in [2.75, 3.05) is 18.5 Å². The summed E-state index contributed by atoms with van der Waals surface area (Å²) in [5.74, 6) is -0.693. The Hall–Kier alpha value is -2.67. The number of benzene rings is 2. The Morgan fingerprint density at radius 3 is 2.37 bits per heavy atom. The lowest BCUT2D eigenvalue weighted by atomic mass is 10.1. The molecule has 142 valence electrons. The number of esters is 1. The first-order valence-electron chi connectivity index (χ1n) is 8.33. The molecule has 0 aliphatic rings. The van der Waals surface area contributed by atoms with E-state index in [1.807, 2.05) is 6.07 Å². The van der Waals surface area contributed by atoms with Crippen LogP contribution in [0.3, 0.4) is 0 Å². The third-order valence-electron chi connectivity index (χ3n) is 3.52. The van der Waals surface area contributed by atoms with Gasteiger partial charge in [-0.1, -0.05) is 35.8 Å². The van der Waals surface area contributed by atoms with Crippen LogP contribution in [0, 0.1) is 5.92 Å². The Morgan fingerprint density at radius 1 is 1.04 bits per heavy atom. The Morgan fingerprint density at radius 2 is 1.74 bits per heavy atom. The van der Waals surface area contributed by atoms with E-state index in [9.17, 15) is 14.4 Å². The standard InChI is InChI=1S/C20H20BrNO5/c1-13(2)20(25)22-16-8-6-14(7-9-16)18(23)11-27-19(24)12-26-17-5-3-4-15(21)10-17/h3-10,13H,11-12H2,1-2H3,(H,22,25). The van der Waals surface area contributed by atoms with Gasteiger partial charge in [0.1, 0.15) is 5.75 Å². The van der Waals surface area contributed by atoms with Gasteiger partial charge in [-0.3, -0.25) is 9.59 Å². The molecule has 0 saturated heterocycles. The molecule has 0 heterocycles. The molecule has 1 N–H and O–H groups in total. The first-order valence-corrected chi connectivity index (χ1v) is 9.12. The first-order chi connectivity index (χ1) is 12.8. The number of ether oxygens (including phenoxy) is 2. The van der Waals surface area contributed by atoms with E-state index in [0.717, 1.165) is 4.47 Å². The Kier molecular flexibility index (Phi) is 7.55. The smallest absolute Gasteiger partial charge is 0.344 e. The number of nitrogens with one attached hydrogen (secondary N) is 1. The van der Waals surface area contributed by atoms with Crippen molar-refractivity contribution in [2.24, 2.45) is 5.92 Å². The largest absolute Gasteiger partial charge is 0.482 e. The fraction of sp³-hybridized carbons (Fsp3) is 0.250. The van der Waals surface area contributed by atoms with Crippen molar-refractivity contribution >= 4 is 39.3 Å². The van der Waals surface area contributed by atoms with Crippen LogP contribution in [0.15, 0.2) is 53.0 Å². The van der Waals surface area contributed by atoms with Crippen LogP contribution in [0.1, 0.15) is 24.2 Å². The van der Waals surface area contributed by atoms with Crippen molar-refractivity contribution in [2.45, 2.75) is 13.8 Å². The monoisotopic (exact) mass is 433 g/mol. The van der Waals surface area contributed by atoms with E-state index in [1.54, 1.807) is 56.3 Å². The highest BCUT2D eigenvalue weighted by atomic mass is 79.9. The van der Waals surface area contributed by atoms with Gasteiger partial charge in [0.25, 0.3) is 0 Å². The van der Waals surface area contributed by atoms with Crippen molar-refractivity contribution in [1.29, 1.82) is 0 Å². The van der Waals surface area contributed by atoms with E-state index >= 15 is 0 Å². The van der Waals surface area contributed by atoms with Crippen LogP contribution in [0.5, 0.6) is 5.75 Å². The minimum atomic E-state index is -0.635.